The van der Waals surface area contributed by atoms with Crippen molar-refractivity contribution < 1.29 is 14.3 Å². The predicted molar refractivity (Wildman–Crippen MR) is 35.0 cm³/mol. The Balaban J connectivity index is 2.37. The van der Waals surface area contributed by atoms with Gasteiger partial charge in [0.2, 0.25) is 5.94 Å². The van der Waals surface area contributed by atoms with Crippen molar-refractivity contribution in [1.29, 1.82) is 0 Å². The first-order valence-corrected chi connectivity index (χ1v) is 3.44. The second kappa shape index (κ2) is 3.96. The maximum Gasteiger partial charge on any atom is 0.369 e. The molecule has 0 spiro atoms. The molecule has 0 aromatic rings. The standard InChI is InChI=1S/C7H10O3/c8-6-7-9-4-2-1-3-5-10-7/h1-5H2. The van der Waals surface area contributed by atoms with Gasteiger partial charge in [0.15, 0.2) is 0 Å². The zero-order valence-corrected chi connectivity index (χ0v) is 5.76. The van der Waals surface area contributed by atoms with Crippen LogP contribution in [0, 0.1) is 0 Å². The summed E-state index contributed by atoms with van der Waals surface area (Å²) < 4.78 is 9.81. The molecule has 0 aliphatic carbocycles. The molecule has 1 saturated heterocycles. The molecule has 0 saturated carbocycles. The molecule has 0 aromatic heterocycles. The fourth-order valence-electron chi connectivity index (χ4n) is 0.811. The molecular formula is C7H10O3. The summed E-state index contributed by atoms with van der Waals surface area (Å²) in [6.07, 6.45) is 3.09. The van der Waals surface area contributed by atoms with Gasteiger partial charge in [-0.15, -0.1) is 0 Å². The van der Waals surface area contributed by atoms with Crippen LogP contribution >= 0.6 is 0 Å². The van der Waals surface area contributed by atoms with Crippen molar-refractivity contribution in [3.8, 4) is 0 Å². The van der Waals surface area contributed by atoms with Crippen LogP contribution in [-0.4, -0.2) is 19.2 Å². The van der Waals surface area contributed by atoms with Gasteiger partial charge in [-0.2, -0.15) is 0 Å². The molecule has 0 atom stereocenters. The topological polar surface area (TPSA) is 35.5 Å². The Labute approximate surface area is 59.6 Å². The average molecular weight is 142 g/mol. The predicted octanol–water partition coefficient (Wildman–Crippen LogP) is 0.876. The maximum absolute atomic E-state index is 10.0. The zero-order chi connectivity index (χ0) is 7.23. The van der Waals surface area contributed by atoms with E-state index in [1.807, 2.05) is 0 Å². The Morgan fingerprint density at radius 1 is 1.10 bits per heavy atom. The van der Waals surface area contributed by atoms with E-state index >= 15 is 0 Å². The summed E-state index contributed by atoms with van der Waals surface area (Å²) >= 11 is 0. The van der Waals surface area contributed by atoms with Gasteiger partial charge in [-0.05, 0) is 19.3 Å². The third-order valence-corrected chi connectivity index (χ3v) is 1.34. The Kier molecular flexibility index (Phi) is 2.84. The van der Waals surface area contributed by atoms with Crippen molar-refractivity contribution in [3.05, 3.63) is 5.95 Å². The fraction of sp³-hybridized carbons (Fsp3) is 0.714. The lowest BCUT2D eigenvalue weighted by molar-refractivity contribution is 0.0239. The first-order valence-electron chi connectivity index (χ1n) is 3.44. The van der Waals surface area contributed by atoms with Gasteiger partial charge in [0.1, 0.15) is 0 Å². The van der Waals surface area contributed by atoms with Crippen molar-refractivity contribution in [1.82, 2.24) is 0 Å². The molecule has 1 heterocycles. The first kappa shape index (κ1) is 7.16. The number of carbonyl (C=O) groups excluding carboxylic acids is 1. The lowest BCUT2D eigenvalue weighted by Crippen LogP contribution is -2.06. The van der Waals surface area contributed by atoms with E-state index in [1.54, 1.807) is 5.94 Å². The highest BCUT2D eigenvalue weighted by molar-refractivity contribution is 5.46. The maximum atomic E-state index is 10.0. The van der Waals surface area contributed by atoms with Crippen LogP contribution in [0.3, 0.4) is 0 Å². The van der Waals surface area contributed by atoms with Crippen LogP contribution in [0.15, 0.2) is 5.95 Å². The lowest BCUT2D eigenvalue weighted by atomic mass is 10.2. The molecule has 1 aliphatic heterocycles. The minimum Gasteiger partial charge on any atom is -0.457 e. The fourth-order valence-corrected chi connectivity index (χ4v) is 0.811. The molecule has 0 amide bonds. The van der Waals surface area contributed by atoms with Crippen LogP contribution in [0.1, 0.15) is 19.3 Å². The average Bonchev–Trinajstić information content (AvgIpc) is 1.87. The van der Waals surface area contributed by atoms with Gasteiger partial charge in [-0.3, -0.25) is 0 Å². The monoisotopic (exact) mass is 142 g/mol. The minimum absolute atomic E-state index is 0.0136. The van der Waals surface area contributed by atoms with Gasteiger partial charge in [-0.1, -0.05) is 0 Å². The molecule has 3 nitrogen and oxygen atoms in total. The SMILES string of the molecule is O=C=C1OCCCCCO1. The van der Waals surface area contributed by atoms with Crippen molar-refractivity contribution >= 4 is 5.94 Å². The molecule has 1 aliphatic rings. The number of rotatable bonds is 0. The highest BCUT2D eigenvalue weighted by atomic mass is 16.7. The van der Waals surface area contributed by atoms with Crippen LogP contribution in [0.2, 0.25) is 0 Å². The number of ether oxygens (including phenoxy) is 2. The Bertz CT molecular complexity index is 137. The molecular weight excluding hydrogens is 132 g/mol. The highest BCUT2D eigenvalue weighted by Gasteiger charge is 2.03. The van der Waals surface area contributed by atoms with E-state index in [9.17, 15) is 4.79 Å². The first-order chi connectivity index (χ1) is 4.93. The summed E-state index contributed by atoms with van der Waals surface area (Å²) in [7, 11) is 0. The highest BCUT2D eigenvalue weighted by Crippen LogP contribution is 2.06. The van der Waals surface area contributed by atoms with Crippen LogP contribution < -0.4 is 0 Å². The van der Waals surface area contributed by atoms with Gasteiger partial charge in [0, 0.05) is 0 Å². The summed E-state index contributed by atoms with van der Waals surface area (Å²) in [5.41, 5.74) is 0. The van der Waals surface area contributed by atoms with Crippen molar-refractivity contribution in [2.45, 2.75) is 19.3 Å². The second-order valence-corrected chi connectivity index (χ2v) is 2.15. The molecule has 0 N–H and O–H groups in total. The van der Waals surface area contributed by atoms with Crippen LogP contribution in [0.5, 0.6) is 0 Å². The summed E-state index contributed by atoms with van der Waals surface area (Å²) in [4.78, 5) is 10.0. The molecule has 56 valence electrons. The summed E-state index contributed by atoms with van der Waals surface area (Å²) in [5, 5.41) is 0. The van der Waals surface area contributed by atoms with E-state index in [0.717, 1.165) is 19.3 Å². The third-order valence-electron chi connectivity index (χ3n) is 1.34. The lowest BCUT2D eigenvalue weighted by Gasteiger charge is -2.11. The molecule has 0 aromatic carbocycles. The summed E-state index contributed by atoms with van der Waals surface area (Å²) in [5.74, 6) is 1.61. The van der Waals surface area contributed by atoms with Crippen molar-refractivity contribution in [3.63, 3.8) is 0 Å². The van der Waals surface area contributed by atoms with Gasteiger partial charge in [0.25, 0.3) is 0 Å². The minimum atomic E-state index is 0.0136. The zero-order valence-electron chi connectivity index (χ0n) is 5.76. The van der Waals surface area contributed by atoms with Crippen LogP contribution in [0.4, 0.5) is 0 Å². The quantitative estimate of drug-likeness (QED) is 0.471. The van der Waals surface area contributed by atoms with Crippen molar-refractivity contribution in [2.75, 3.05) is 13.2 Å². The van der Waals surface area contributed by atoms with Crippen molar-refractivity contribution in [2.24, 2.45) is 0 Å². The van der Waals surface area contributed by atoms with E-state index in [4.69, 9.17) is 9.47 Å². The van der Waals surface area contributed by atoms with E-state index in [-0.39, 0.29) is 5.95 Å². The molecule has 0 bridgehead atoms. The third kappa shape index (κ3) is 2.11. The van der Waals surface area contributed by atoms with Gasteiger partial charge in [0.05, 0.1) is 13.2 Å². The Morgan fingerprint density at radius 3 is 2.20 bits per heavy atom. The summed E-state index contributed by atoms with van der Waals surface area (Å²) in [6, 6.07) is 0. The van der Waals surface area contributed by atoms with Gasteiger partial charge >= 0.3 is 5.95 Å². The largest absolute Gasteiger partial charge is 0.457 e. The molecule has 0 unspecified atom stereocenters. The molecule has 10 heavy (non-hydrogen) atoms. The molecule has 1 rings (SSSR count). The molecule has 3 heteroatoms. The Morgan fingerprint density at radius 2 is 1.70 bits per heavy atom. The van der Waals surface area contributed by atoms with Crippen LogP contribution in [0.25, 0.3) is 0 Å². The normalized spacial score (nSPS) is 19.4. The Hall–Kier alpha value is -0.950. The van der Waals surface area contributed by atoms with E-state index < -0.39 is 0 Å². The van der Waals surface area contributed by atoms with E-state index in [1.165, 1.54) is 0 Å². The van der Waals surface area contributed by atoms with E-state index in [2.05, 4.69) is 0 Å². The number of hydrogen-bond acceptors (Lipinski definition) is 3. The number of hydrogen-bond donors (Lipinski definition) is 0. The molecule has 0 radical (unpaired) electrons. The van der Waals surface area contributed by atoms with E-state index in [0.29, 0.717) is 13.2 Å². The molecule has 1 fully saturated rings. The second-order valence-electron chi connectivity index (χ2n) is 2.15. The van der Waals surface area contributed by atoms with Gasteiger partial charge < -0.3 is 9.47 Å². The van der Waals surface area contributed by atoms with Crippen LogP contribution in [-0.2, 0) is 14.3 Å². The van der Waals surface area contributed by atoms with Gasteiger partial charge in [-0.25, -0.2) is 4.79 Å². The summed E-state index contributed by atoms with van der Waals surface area (Å²) in [6.45, 7) is 1.15. The smallest absolute Gasteiger partial charge is 0.369 e.